The van der Waals surface area contributed by atoms with Gasteiger partial charge in [-0.15, -0.1) is 0 Å². The summed E-state index contributed by atoms with van der Waals surface area (Å²) >= 11 is 0. The number of hydrogen-bond acceptors (Lipinski definition) is 5. The molecule has 162 valence electrons. The lowest BCUT2D eigenvalue weighted by Crippen LogP contribution is -2.49. The summed E-state index contributed by atoms with van der Waals surface area (Å²) in [5, 5.41) is 3.29. The minimum Gasteiger partial charge on any atom is -0.452 e. The van der Waals surface area contributed by atoms with Gasteiger partial charge in [-0.1, -0.05) is 63.2 Å². The number of amides is 4. The Morgan fingerprint density at radius 1 is 1.06 bits per heavy atom. The highest BCUT2D eigenvalue weighted by Gasteiger charge is 2.52. The number of carbonyl (C=O) groups is 4. The van der Waals surface area contributed by atoms with Crippen LogP contribution >= 0.6 is 0 Å². The number of benzene rings is 2. The number of carbonyl (C=O) groups excluding carboxylic acids is 4. The highest BCUT2D eigenvalue weighted by Crippen LogP contribution is 2.31. The molecular weight excluding hydrogens is 398 g/mol. The van der Waals surface area contributed by atoms with Gasteiger partial charge in [-0.25, -0.2) is 9.59 Å². The first-order chi connectivity index (χ1) is 14.8. The Labute approximate surface area is 180 Å². The Kier molecular flexibility index (Phi) is 6.39. The maximum atomic E-state index is 13.0. The number of nitrogens with one attached hydrogen (secondary N) is 2. The van der Waals surface area contributed by atoms with E-state index in [1.807, 2.05) is 26.0 Å². The third kappa shape index (κ3) is 4.42. The third-order valence-corrected chi connectivity index (χ3v) is 5.27. The second-order valence-corrected chi connectivity index (χ2v) is 7.58. The van der Waals surface area contributed by atoms with Crippen LogP contribution in [0.2, 0.25) is 0 Å². The van der Waals surface area contributed by atoms with E-state index in [2.05, 4.69) is 10.7 Å². The molecule has 8 nitrogen and oxygen atoms in total. The first-order valence-corrected chi connectivity index (χ1v) is 10.1. The average Bonchev–Trinajstić information content (AvgIpc) is 3.03. The van der Waals surface area contributed by atoms with Crippen LogP contribution in [0, 0.1) is 0 Å². The summed E-state index contributed by atoms with van der Waals surface area (Å²) in [6, 6.07) is 15.0. The van der Waals surface area contributed by atoms with E-state index in [9.17, 15) is 19.2 Å². The van der Waals surface area contributed by atoms with Crippen molar-refractivity contribution in [1.82, 2.24) is 15.8 Å². The van der Waals surface area contributed by atoms with Crippen molar-refractivity contribution < 1.29 is 23.9 Å². The van der Waals surface area contributed by atoms with Gasteiger partial charge in [-0.05, 0) is 35.6 Å². The maximum Gasteiger partial charge on any atom is 0.344 e. The molecular formula is C23H25N3O5. The fourth-order valence-electron chi connectivity index (χ4n) is 3.41. The first-order valence-electron chi connectivity index (χ1n) is 10.1. The van der Waals surface area contributed by atoms with Crippen LogP contribution in [0.1, 0.15) is 54.6 Å². The second-order valence-electron chi connectivity index (χ2n) is 7.58. The van der Waals surface area contributed by atoms with Crippen molar-refractivity contribution in [2.45, 2.75) is 38.6 Å². The van der Waals surface area contributed by atoms with Crippen LogP contribution in [-0.4, -0.2) is 35.4 Å². The Morgan fingerprint density at radius 3 is 2.29 bits per heavy atom. The van der Waals surface area contributed by atoms with Gasteiger partial charge < -0.3 is 10.1 Å². The number of hydrazine groups is 1. The van der Waals surface area contributed by atoms with Crippen molar-refractivity contribution in [2.24, 2.45) is 0 Å². The summed E-state index contributed by atoms with van der Waals surface area (Å²) in [5.74, 6) is -1.74. The fraction of sp³-hybridized carbons (Fsp3) is 0.304. The monoisotopic (exact) mass is 423 g/mol. The molecule has 1 aliphatic heterocycles. The number of rotatable bonds is 7. The average molecular weight is 423 g/mol. The van der Waals surface area contributed by atoms with Crippen molar-refractivity contribution >= 4 is 23.8 Å². The molecule has 0 spiro atoms. The molecule has 0 radical (unpaired) electrons. The quantitative estimate of drug-likeness (QED) is 0.526. The van der Waals surface area contributed by atoms with Crippen LogP contribution in [0.4, 0.5) is 4.79 Å². The fourth-order valence-corrected chi connectivity index (χ4v) is 3.41. The van der Waals surface area contributed by atoms with Crippen LogP contribution in [0.25, 0.3) is 0 Å². The molecule has 3 rings (SSSR count). The topological polar surface area (TPSA) is 105 Å². The summed E-state index contributed by atoms with van der Waals surface area (Å²) in [6.07, 6.45) is 0.301. The van der Waals surface area contributed by atoms with Gasteiger partial charge in [0, 0.05) is 0 Å². The summed E-state index contributed by atoms with van der Waals surface area (Å²) in [6.45, 7) is 5.21. The zero-order chi connectivity index (χ0) is 22.6. The van der Waals surface area contributed by atoms with Crippen LogP contribution in [-0.2, 0) is 19.9 Å². The Morgan fingerprint density at radius 2 is 1.71 bits per heavy atom. The van der Waals surface area contributed by atoms with Crippen molar-refractivity contribution in [1.29, 1.82) is 0 Å². The zero-order valence-electron chi connectivity index (χ0n) is 17.7. The van der Waals surface area contributed by atoms with Gasteiger partial charge in [0.1, 0.15) is 5.54 Å². The normalized spacial score (nSPS) is 18.1. The first kappa shape index (κ1) is 22.0. The Bertz CT molecular complexity index is 988. The highest BCUT2D eigenvalue weighted by molar-refractivity contribution is 6.08. The molecule has 2 aromatic carbocycles. The van der Waals surface area contributed by atoms with Gasteiger partial charge in [0.15, 0.2) is 6.61 Å². The van der Waals surface area contributed by atoms with E-state index in [0.29, 0.717) is 28.5 Å². The molecule has 31 heavy (non-hydrogen) atoms. The summed E-state index contributed by atoms with van der Waals surface area (Å²) in [4.78, 5) is 49.8. The van der Waals surface area contributed by atoms with E-state index >= 15 is 0 Å². The van der Waals surface area contributed by atoms with Crippen LogP contribution < -0.4 is 10.7 Å². The third-order valence-electron chi connectivity index (χ3n) is 5.27. The standard InChI is InChI=1S/C23H25N3O5/c1-4-23(18-8-6-5-7-9-18)21(29)26(22(30)24-23)25-19(27)14-31-20(28)17-12-10-16(11-13-17)15(2)3/h5-13,15H,4,14H2,1-3H3,(H,24,30)(H,25,27)/t23-/m0/s1. The molecule has 0 unspecified atom stereocenters. The molecule has 0 saturated carbocycles. The van der Waals surface area contributed by atoms with Gasteiger partial charge in [-0.3, -0.25) is 15.0 Å². The maximum absolute atomic E-state index is 13.0. The van der Waals surface area contributed by atoms with E-state index < -0.39 is 36.0 Å². The number of urea groups is 1. The predicted molar refractivity (Wildman–Crippen MR) is 113 cm³/mol. The molecule has 1 atom stereocenters. The molecule has 0 bridgehead atoms. The van der Waals surface area contributed by atoms with Gasteiger partial charge in [0.05, 0.1) is 5.56 Å². The zero-order valence-corrected chi connectivity index (χ0v) is 17.7. The van der Waals surface area contributed by atoms with Crippen molar-refractivity contribution in [3.8, 4) is 0 Å². The van der Waals surface area contributed by atoms with Gasteiger partial charge in [-0.2, -0.15) is 5.01 Å². The predicted octanol–water partition coefficient (Wildman–Crippen LogP) is 2.86. The number of ether oxygens (including phenoxy) is 1. The van der Waals surface area contributed by atoms with Crippen molar-refractivity contribution in [3.05, 3.63) is 71.3 Å². The van der Waals surface area contributed by atoms with E-state index in [1.54, 1.807) is 49.4 Å². The number of nitrogens with zero attached hydrogens (tertiary/aromatic N) is 1. The highest BCUT2D eigenvalue weighted by atomic mass is 16.5. The SMILES string of the molecule is CC[C@@]1(c2ccccc2)NC(=O)N(NC(=O)COC(=O)c2ccc(C(C)C)cc2)C1=O. The van der Waals surface area contributed by atoms with Crippen LogP contribution in [0.5, 0.6) is 0 Å². The summed E-state index contributed by atoms with van der Waals surface area (Å²) in [7, 11) is 0. The minimum absolute atomic E-state index is 0.301. The number of esters is 1. The largest absolute Gasteiger partial charge is 0.452 e. The molecule has 1 aliphatic rings. The van der Waals surface area contributed by atoms with Crippen LogP contribution in [0.3, 0.4) is 0 Å². The lowest BCUT2D eigenvalue weighted by Gasteiger charge is -2.25. The van der Waals surface area contributed by atoms with Gasteiger partial charge in [0.25, 0.3) is 11.8 Å². The molecule has 8 heteroatoms. The summed E-state index contributed by atoms with van der Waals surface area (Å²) in [5.41, 5.74) is 2.96. The van der Waals surface area contributed by atoms with E-state index in [-0.39, 0.29) is 0 Å². The molecule has 0 aliphatic carbocycles. The molecule has 4 amide bonds. The molecule has 2 N–H and O–H groups in total. The molecule has 2 aromatic rings. The minimum atomic E-state index is -1.26. The van der Waals surface area contributed by atoms with E-state index in [1.165, 1.54) is 0 Å². The molecule has 1 fully saturated rings. The Hall–Kier alpha value is -3.68. The number of imide groups is 1. The van der Waals surface area contributed by atoms with Crippen LogP contribution in [0.15, 0.2) is 54.6 Å². The van der Waals surface area contributed by atoms with E-state index in [4.69, 9.17) is 4.74 Å². The number of hydrogen-bond donors (Lipinski definition) is 2. The lowest BCUT2D eigenvalue weighted by molar-refractivity contribution is -0.140. The van der Waals surface area contributed by atoms with Gasteiger partial charge in [0.2, 0.25) is 0 Å². The molecule has 1 heterocycles. The molecule has 0 aromatic heterocycles. The van der Waals surface area contributed by atoms with E-state index in [0.717, 1.165) is 5.56 Å². The van der Waals surface area contributed by atoms with Gasteiger partial charge >= 0.3 is 12.0 Å². The lowest BCUT2D eigenvalue weighted by atomic mass is 9.87. The molecule has 1 saturated heterocycles. The van der Waals surface area contributed by atoms with Crippen molar-refractivity contribution in [3.63, 3.8) is 0 Å². The Balaban J connectivity index is 1.62. The van der Waals surface area contributed by atoms with Crippen molar-refractivity contribution in [2.75, 3.05) is 6.61 Å². The summed E-state index contributed by atoms with van der Waals surface area (Å²) < 4.78 is 5.01. The second kappa shape index (κ2) is 8.99. The smallest absolute Gasteiger partial charge is 0.344 e.